The number of carbonyl (C=O) groups is 1. The van der Waals surface area contributed by atoms with E-state index in [2.05, 4.69) is 10.5 Å². The molecule has 0 spiro atoms. The molecule has 0 atom stereocenters. The van der Waals surface area contributed by atoms with E-state index >= 15 is 0 Å². The van der Waals surface area contributed by atoms with E-state index in [1.165, 1.54) is 18.3 Å². The molecule has 0 aliphatic rings. The minimum Gasteiger partial charge on any atom is -0.507 e. The number of aromatic hydroxyl groups is 1. The summed E-state index contributed by atoms with van der Waals surface area (Å²) < 4.78 is 27.9. The first-order valence-electron chi connectivity index (χ1n) is 10.9. The minimum atomic E-state index is -4.01. The first kappa shape index (κ1) is 24.0. The third-order valence-electron chi connectivity index (χ3n) is 5.73. The normalized spacial score (nSPS) is 11.6. The van der Waals surface area contributed by atoms with Gasteiger partial charge in [-0.3, -0.25) is 9.10 Å². The van der Waals surface area contributed by atoms with E-state index in [9.17, 15) is 18.3 Å². The number of hydrazone groups is 1. The second kappa shape index (κ2) is 9.99. The van der Waals surface area contributed by atoms with Crippen LogP contribution < -0.4 is 9.73 Å². The molecule has 4 aromatic carbocycles. The van der Waals surface area contributed by atoms with Crippen LogP contribution in [0.1, 0.15) is 16.7 Å². The Labute approximate surface area is 204 Å². The summed E-state index contributed by atoms with van der Waals surface area (Å²) in [4.78, 5) is 12.9. The van der Waals surface area contributed by atoms with Crippen molar-refractivity contribution in [2.24, 2.45) is 5.10 Å². The second-order valence-electron chi connectivity index (χ2n) is 8.11. The highest BCUT2D eigenvalue weighted by Crippen LogP contribution is 2.26. The van der Waals surface area contributed by atoms with Crippen LogP contribution in [0, 0.1) is 13.8 Å². The molecule has 0 heterocycles. The molecule has 4 aromatic rings. The SMILES string of the molecule is Cc1ccc(N(CC(=O)NN=Cc2c(O)ccc3ccccc23)S(=O)(=O)c2ccccc2)cc1C. The summed E-state index contributed by atoms with van der Waals surface area (Å²) in [5.41, 5.74) is 5.13. The van der Waals surface area contributed by atoms with Crippen molar-refractivity contribution in [3.63, 3.8) is 0 Å². The second-order valence-corrected chi connectivity index (χ2v) is 9.97. The number of anilines is 1. The fourth-order valence-corrected chi connectivity index (χ4v) is 5.10. The highest BCUT2D eigenvalue weighted by Gasteiger charge is 2.27. The monoisotopic (exact) mass is 487 g/mol. The summed E-state index contributed by atoms with van der Waals surface area (Å²) >= 11 is 0. The highest BCUT2D eigenvalue weighted by atomic mass is 32.2. The summed E-state index contributed by atoms with van der Waals surface area (Å²) in [6.07, 6.45) is 1.35. The van der Waals surface area contributed by atoms with Gasteiger partial charge in [-0.15, -0.1) is 0 Å². The molecule has 0 unspecified atom stereocenters. The number of phenols is 1. The van der Waals surface area contributed by atoms with E-state index in [0.29, 0.717) is 11.3 Å². The van der Waals surface area contributed by atoms with Crippen LogP contribution in [0.25, 0.3) is 10.8 Å². The number of amides is 1. The molecule has 0 aromatic heterocycles. The number of aryl methyl sites for hydroxylation is 2. The molecule has 2 N–H and O–H groups in total. The molecule has 8 heteroatoms. The van der Waals surface area contributed by atoms with Crippen LogP contribution in [0.5, 0.6) is 5.75 Å². The summed E-state index contributed by atoms with van der Waals surface area (Å²) in [6.45, 7) is 3.34. The van der Waals surface area contributed by atoms with Crippen molar-refractivity contribution in [2.45, 2.75) is 18.7 Å². The lowest BCUT2D eigenvalue weighted by atomic mass is 10.0. The standard InChI is InChI=1S/C27H25N3O4S/c1-19-12-14-22(16-20(19)2)30(35(33,34)23-9-4-3-5-10-23)18-27(32)29-28-17-25-24-11-7-6-8-21(24)13-15-26(25)31/h3-17,31H,18H2,1-2H3,(H,29,32). The van der Waals surface area contributed by atoms with Gasteiger partial charge < -0.3 is 5.11 Å². The maximum atomic E-state index is 13.4. The molecule has 0 saturated heterocycles. The molecule has 0 aliphatic heterocycles. The molecule has 0 aliphatic carbocycles. The number of fused-ring (bicyclic) bond motifs is 1. The lowest BCUT2D eigenvalue weighted by molar-refractivity contribution is -0.119. The van der Waals surface area contributed by atoms with Crippen LogP contribution in [0.2, 0.25) is 0 Å². The number of hydrogen-bond donors (Lipinski definition) is 2. The van der Waals surface area contributed by atoms with Gasteiger partial charge in [0.15, 0.2) is 0 Å². The van der Waals surface area contributed by atoms with Gasteiger partial charge in [0, 0.05) is 5.56 Å². The van der Waals surface area contributed by atoms with Gasteiger partial charge in [-0.2, -0.15) is 5.10 Å². The number of hydrogen-bond acceptors (Lipinski definition) is 5. The predicted molar refractivity (Wildman–Crippen MR) is 138 cm³/mol. The molecule has 4 rings (SSSR count). The predicted octanol–water partition coefficient (Wildman–Crippen LogP) is 4.51. The van der Waals surface area contributed by atoms with E-state index in [1.54, 1.807) is 42.5 Å². The van der Waals surface area contributed by atoms with Crippen molar-refractivity contribution in [3.8, 4) is 5.75 Å². The van der Waals surface area contributed by atoms with Crippen molar-refractivity contribution < 1.29 is 18.3 Å². The van der Waals surface area contributed by atoms with Gasteiger partial charge in [0.2, 0.25) is 0 Å². The lowest BCUT2D eigenvalue weighted by Gasteiger charge is -2.24. The number of rotatable bonds is 7. The topological polar surface area (TPSA) is 99.1 Å². The van der Waals surface area contributed by atoms with Crippen LogP contribution in [-0.2, 0) is 14.8 Å². The number of sulfonamides is 1. The third kappa shape index (κ3) is 5.17. The molecule has 0 bridgehead atoms. The molecule has 0 radical (unpaired) electrons. The zero-order valence-electron chi connectivity index (χ0n) is 19.3. The quantitative estimate of drug-likeness (QED) is 0.296. The Bertz CT molecular complexity index is 1520. The van der Waals surface area contributed by atoms with E-state index in [-0.39, 0.29) is 10.6 Å². The average molecular weight is 488 g/mol. The Morgan fingerprint density at radius 1 is 0.943 bits per heavy atom. The number of benzene rings is 4. The summed E-state index contributed by atoms with van der Waals surface area (Å²) in [5, 5.41) is 15.9. The van der Waals surface area contributed by atoms with Gasteiger partial charge in [0.25, 0.3) is 15.9 Å². The van der Waals surface area contributed by atoms with Crippen LogP contribution in [0.3, 0.4) is 0 Å². The zero-order valence-corrected chi connectivity index (χ0v) is 20.2. The summed E-state index contributed by atoms with van der Waals surface area (Å²) in [5.74, 6) is -0.608. The number of phenolic OH excluding ortho intramolecular Hbond substituents is 1. The smallest absolute Gasteiger partial charge is 0.264 e. The van der Waals surface area contributed by atoms with Gasteiger partial charge in [-0.1, -0.05) is 54.6 Å². The van der Waals surface area contributed by atoms with E-state index < -0.39 is 22.5 Å². The number of nitrogens with one attached hydrogen (secondary N) is 1. The largest absolute Gasteiger partial charge is 0.507 e. The van der Waals surface area contributed by atoms with Crippen molar-refractivity contribution in [1.82, 2.24) is 5.43 Å². The molecule has 1 amide bonds. The molecular formula is C27H25N3O4S. The lowest BCUT2D eigenvalue weighted by Crippen LogP contribution is -2.39. The third-order valence-corrected chi connectivity index (χ3v) is 7.52. The maximum Gasteiger partial charge on any atom is 0.264 e. The first-order valence-corrected chi connectivity index (χ1v) is 12.4. The first-order chi connectivity index (χ1) is 16.8. The fraction of sp³-hybridized carbons (Fsp3) is 0.111. The van der Waals surface area contributed by atoms with Gasteiger partial charge in [-0.05, 0) is 66.1 Å². The zero-order chi connectivity index (χ0) is 25.0. The molecule has 0 fully saturated rings. The fourth-order valence-electron chi connectivity index (χ4n) is 3.67. The van der Waals surface area contributed by atoms with E-state index in [1.807, 2.05) is 44.2 Å². The van der Waals surface area contributed by atoms with Gasteiger partial charge in [0.05, 0.1) is 16.8 Å². The van der Waals surface area contributed by atoms with Gasteiger partial charge >= 0.3 is 0 Å². The molecule has 0 saturated carbocycles. The highest BCUT2D eigenvalue weighted by molar-refractivity contribution is 7.92. The Kier molecular flexibility index (Phi) is 6.84. The van der Waals surface area contributed by atoms with E-state index in [4.69, 9.17) is 0 Å². The van der Waals surface area contributed by atoms with Crippen molar-refractivity contribution in [1.29, 1.82) is 0 Å². The Hall–Kier alpha value is -4.17. The number of carbonyl (C=O) groups excluding carboxylic acids is 1. The van der Waals surface area contributed by atoms with Crippen LogP contribution in [0.4, 0.5) is 5.69 Å². The Morgan fingerprint density at radius 2 is 1.66 bits per heavy atom. The molecule has 178 valence electrons. The van der Waals surface area contributed by atoms with Crippen LogP contribution in [0.15, 0.2) is 94.9 Å². The van der Waals surface area contributed by atoms with E-state index in [0.717, 1.165) is 26.2 Å². The van der Waals surface area contributed by atoms with Crippen LogP contribution in [-0.4, -0.2) is 32.2 Å². The number of nitrogens with zero attached hydrogens (tertiary/aromatic N) is 2. The Balaban J connectivity index is 1.61. The molecular weight excluding hydrogens is 462 g/mol. The van der Waals surface area contributed by atoms with Crippen molar-refractivity contribution >= 4 is 38.6 Å². The average Bonchev–Trinajstić information content (AvgIpc) is 2.86. The molecule has 7 nitrogen and oxygen atoms in total. The Morgan fingerprint density at radius 3 is 2.40 bits per heavy atom. The minimum absolute atomic E-state index is 0.0186. The van der Waals surface area contributed by atoms with Crippen LogP contribution >= 0.6 is 0 Å². The maximum absolute atomic E-state index is 13.4. The molecule has 35 heavy (non-hydrogen) atoms. The van der Waals surface area contributed by atoms with Crippen molar-refractivity contribution in [3.05, 3.63) is 102 Å². The van der Waals surface area contributed by atoms with Crippen molar-refractivity contribution in [2.75, 3.05) is 10.8 Å². The van der Waals surface area contributed by atoms with Gasteiger partial charge in [-0.25, -0.2) is 13.8 Å². The summed E-state index contributed by atoms with van der Waals surface area (Å²) in [7, 11) is -4.01. The van der Waals surface area contributed by atoms with Gasteiger partial charge in [0.1, 0.15) is 12.3 Å². The summed E-state index contributed by atoms with van der Waals surface area (Å²) in [6, 6.07) is 24.0.